The highest BCUT2D eigenvalue weighted by molar-refractivity contribution is 7.99. The van der Waals surface area contributed by atoms with Gasteiger partial charge in [0.05, 0.1) is 5.69 Å². The average Bonchev–Trinajstić information content (AvgIpc) is 2.82. The molecule has 1 unspecified atom stereocenters. The van der Waals surface area contributed by atoms with Gasteiger partial charge in [0.25, 0.3) is 0 Å². The maximum atomic E-state index is 5.76. The molecular weight excluding hydrogens is 242 g/mol. The van der Waals surface area contributed by atoms with Gasteiger partial charge in [-0.1, -0.05) is 12.5 Å². The first kappa shape index (κ1) is 12.1. The molecule has 1 atom stereocenters. The summed E-state index contributed by atoms with van der Waals surface area (Å²) in [5, 5.41) is 0.755. The van der Waals surface area contributed by atoms with Crippen molar-refractivity contribution in [2.24, 2.45) is 5.73 Å². The van der Waals surface area contributed by atoms with Crippen LogP contribution in [-0.2, 0) is 13.0 Å². The number of nitrogens with zero attached hydrogens (tertiary/aromatic N) is 2. The van der Waals surface area contributed by atoms with E-state index >= 15 is 0 Å². The number of imidazole rings is 1. The number of aromatic nitrogens is 2. The van der Waals surface area contributed by atoms with E-state index in [2.05, 4.69) is 34.5 Å². The van der Waals surface area contributed by atoms with Gasteiger partial charge in [0.15, 0.2) is 0 Å². The molecule has 0 aromatic carbocycles. The van der Waals surface area contributed by atoms with Crippen LogP contribution in [0, 0.1) is 0 Å². The lowest BCUT2D eigenvalue weighted by Crippen LogP contribution is -2.12. The molecule has 96 valence electrons. The van der Waals surface area contributed by atoms with Crippen molar-refractivity contribution in [3.8, 4) is 0 Å². The summed E-state index contributed by atoms with van der Waals surface area (Å²) in [6, 6.07) is 6.15. The fourth-order valence-electron chi connectivity index (χ4n) is 2.58. The Bertz CT molecular complexity index is 529. The third-order valence-corrected chi connectivity index (χ3v) is 4.94. The molecule has 1 aliphatic rings. The Morgan fingerprint density at radius 1 is 1.39 bits per heavy atom. The monoisotopic (exact) mass is 261 g/mol. The first-order chi connectivity index (χ1) is 8.86. The lowest BCUT2D eigenvalue weighted by Gasteiger charge is -2.19. The zero-order valence-corrected chi connectivity index (χ0v) is 11.3. The number of hydrogen-bond acceptors (Lipinski definition) is 3. The third-order valence-electron chi connectivity index (χ3n) is 3.55. The summed E-state index contributed by atoms with van der Waals surface area (Å²) >= 11 is 2.10. The molecular formula is C14H19N3S. The molecule has 18 heavy (non-hydrogen) atoms. The van der Waals surface area contributed by atoms with E-state index in [0.717, 1.165) is 23.0 Å². The van der Waals surface area contributed by atoms with Crippen molar-refractivity contribution >= 4 is 17.4 Å². The Balaban J connectivity index is 1.84. The van der Waals surface area contributed by atoms with E-state index < -0.39 is 0 Å². The van der Waals surface area contributed by atoms with E-state index in [1.807, 2.05) is 6.07 Å². The minimum atomic E-state index is 0.561. The van der Waals surface area contributed by atoms with Gasteiger partial charge in [0.1, 0.15) is 5.65 Å². The van der Waals surface area contributed by atoms with Crippen molar-refractivity contribution in [3.05, 3.63) is 35.8 Å². The zero-order chi connectivity index (χ0) is 12.4. The molecule has 4 heteroatoms. The van der Waals surface area contributed by atoms with Gasteiger partial charge < -0.3 is 10.1 Å². The second kappa shape index (κ2) is 5.33. The Morgan fingerprint density at radius 3 is 3.11 bits per heavy atom. The smallest absolute Gasteiger partial charge is 0.137 e. The number of thioether (sulfide) groups is 1. The van der Waals surface area contributed by atoms with Crippen molar-refractivity contribution in [1.29, 1.82) is 0 Å². The molecule has 2 N–H and O–H groups in total. The number of rotatable bonds is 3. The van der Waals surface area contributed by atoms with Crippen molar-refractivity contribution in [2.45, 2.75) is 37.5 Å². The largest absolute Gasteiger partial charge is 0.325 e. The third kappa shape index (κ3) is 2.40. The highest BCUT2D eigenvalue weighted by atomic mass is 32.2. The second-order valence-electron chi connectivity index (χ2n) is 4.87. The van der Waals surface area contributed by atoms with Gasteiger partial charge in [-0.15, -0.1) is 0 Å². The van der Waals surface area contributed by atoms with Crippen molar-refractivity contribution < 1.29 is 0 Å². The second-order valence-corrected chi connectivity index (χ2v) is 6.28. The highest BCUT2D eigenvalue weighted by Crippen LogP contribution is 2.27. The van der Waals surface area contributed by atoms with E-state index in [9.17, 15) is 0 Å². The summed E-state index contributed by atoms with van der Waals surface area (Å²) < 4.78 is 2.13. The molecule has 0 aliphatic carbocycles. The number of fused-ring (bicyclic) bond motifs is 1. The minimum Gasteiger partial charge on any atom is -0.325 e. The Kier molecular flexibility index (Phi) is 3.57. The maximum Gasteiger partial charge on any atom is 0.137 e. The molecule has 3 nitrogen and oxygen atoms in total. The number of hydrogen-bond donors (Lipinski definition) is 1. The fraction of sp³-hybridized carbons (Fsp3) is 0.500. The standard InChI is InChI=1S/C14H19N3S/c15-9-12-4-3-6-14-16-11(10-17(12)14)8-13-5-1-2-7-18-13/h3-4,6,10,13H,1-2,5,7-9,15H2. The quantitative estimate of drug-likeness (QED) is 0.923. The highest BCUT2D eigenvalue weighted by Gasteiger charge is 2.16. The first-order valence-corrected chi connectivity index (χ1v) is 7.69. The summed E-state index contributed by atoms with van der Waals surface area (Å²) in [4.78, 5) is 4.71. The van der Waals surface area contributed by atoms with E-state index in [1.54, 1.807) is 0 Å². The zero-order valence-electron chi connectivity index (χ0n) is 10.5. The fourth-order valence-corrected chi connectivity index (χ4v) is 3.91. The molecule has 1 fully saturated rings. The van der Waals surface area contributed by atoms with E-state index in [4.69, 9.17) is 10.7 Å². The molecule has 1 saturated heterocycles. The van der Waals surface area contributed by atoms with Gasteiger partial charge in [-0.2, -0.15) is 11.8 Å². The molecule has 0 bridgehead atoms. The van der Waals surface area contributed by atoms with Crippen molar-refractivity contribution in [1.82, 2.24) is 9.38 Å². The molecule has 2 aromatic heterocycles. The predicted molar refractivity (Wildman–Crippen MR) is 76.9 cm³/mol. The number of nitrogens with two attached hydrogens (primary N) is 1. The van der Waals surface area contributed by atoms with Crippen LogP contribution >= 0.6 is 11.8 Å². The SMILES string of the molecule is NCc1cccc2nc(CC3CCCCS3)cn12. The van der Waals surface area contributed by atoms with Crippen molar-refractivity contribution in [2.75, 3.05) is 5.75 Å². The van der Waals surface area contributed by atoms with Crippen LogP contribution in [0.5, 0.6) is 0 Å². The predicted octanol–water partition coefficient (Wildman–Crippen LogP) is 2.62. The van der Waals surface area contributed by atoms with Crippen LogP contribution in [0.2, 0.25) is 0 Å². The number of pyridine rings is 1. The Labute approximate surface area is 112 Å². The van der Waals surface area contributed by atoms with Crippen LogP contribution in [0.1, 0.15) is 30.7 Å². The van der Waals surface area contributed by atoms with Gasteiger partial charge in [-0.05, 0) is 30.7 Å². The molecule has 0 radical (unpaired) electrons. The van der Waals surface area contributed by atoms with Crippen LogP contribution in [0.15, 0.2) is 24.4 Å². The van der Waals surface area contributed by atoms with Crippen molar-refractivity contribution in [3.63, 3.8) is 0 Å². The molecule has 0 saturated carbocycles. The molecule has 1 aliphatic heterocycles. The van der Waals surface area contributed by atoms with E-state index in [0.29, 0.717) is 6.54 Å². The molecule has 3 rings (SSSR count). The average molecular weight is 261 g/mol. The van der Waals surface area contributed by atoms with Crippen LogP contribution < -0.4 is 5.73 Å². The van der Waals surface area contributed by atoms with E-state index in [1.165, 1.54) is 30.7 Å². The van der Waals surface area contributed by atoms with Gasteiger partial charge in [-0.3, -0.25) is 0 Å². The van der Waals surface area contributed by atoms with Gasteiger partial charge in [-0.25, -0.2) is 4.98 Å². The summed E-state index contributed by atoms with van der Waals surface area (Å²) in [6.07, 6.45) is 7.34. The van der Waals surface area contributed by atoms with Crippen LogP contribution in [0.3, 0.4) is 0 Å². The normalized spacial score (nSPS) is 20.4. The Morgan fingerprint density at radius 2 is 2.33 bits per heavy atom. The topological polar surface area (TPSA) is 43.3 Å². The lowest BCUT2D eigenvalue weighted by atomic mass is 10.1. The summed E-state index contributed by atoms with van der Waals surface area (Å²) in [7, 11) is 0. The van der Waals surface area contributed by atoms with Gasteiger partial charge in [0.2, 0.25) is 0 Å². The van der Waals surface area contributed by atoms with Crippen LogP contribution in [0.4, 0.5) is 0 Å². The maximum absolute atomic E-state index is 5.76. The minimum absolute atomic E-state index is 0.561. The summed E-state index contributed by atoms with van der Waals surface area (Å²) in [6.45, 7) is 0.561. The molecule has 0 amide bonds. The van der Waals surface area contributed by atoms with Crippen LogP contribution in [-0.4, -0.2) is 20.4 Å². The molecule has 0 spiro atoms. The summed E-state index contributed by atoms with van der Waals surface area (Å²) in [5.74, 6) is 1.31. The van der Waals surface area contributed by atoms with Crippen LogP contribution in [0.25, 0.3) is 5.65 Å². The Hall–Kier alpha value is -1.00. The van der Waals surface area contributed by atoms with Gasteiger partial charge in [0, 0.05) is 30.1 Å². The molecule has 2 aromatic rings. The van der Waals surface area contributed by atoms with Gasteiger partial charge >= 0.3 is 0 Å². The lowest BCUT2D eigenvalue weighted by molar-refractivity contribution is 0.656. The van der Waals surface area contributed by atoms with E-state index in [-0.39, 0.29) is 0 Å². The summed E-state index contributed by atoms with van der Waals surface area (Å²) in [5.41, 5.74) is 9.11. The molecule has 3 heterocycles. The first-order valence-electron chi connectivity index (χ1n) is 6.64.